The number of methoxy groups -OCH3 is 1. The standard InChI is InChI=1S/C28H32O17/c1-40-13-4-9(2-3-12(13)42-27-23(38)21(36)18(33)15(7-29)43-27)25-26(20(35)17-11(32)5-10(31)6-14(17)41-25)45-28-24(39)22(37)19(34)16(8-30)44-28/h2-6,15-16,18-19,21-24,27-34,36-39H,7-8H2,1H3/t15-,16-,18-,19+,21+,22+,23-,24-,27-,28+/m1/s1. The van der Waals surface area contributed by atoms with E-state index >= 15 is 0 Å². The summed E-state index contributed by atoms with van der Waals surface area (Å²) >= 11 is 0. The summed E-state index contributed by atoms with van der Waals surface area (Å²) in [5.74, 6) is -2.25. The van der Waals surface area contributed by atoms with E-state index in [1.807, 2.05) is 0 Å². The molecular weight excluding hydrogens is 608 g/mol. The van der Waals surface area contributed by atoms with Crippen LogP contribution in [-0.2, 0) is 9.47 Å². The summed E-state index contributed by atoms with van der Waals surface area (Å²) in [6.07, 6.45) is -16.6. The van der Waals surface area contributed by atoms with Gasteiger partial charge in [-0.15, -0.1) is 0 Å². The van der Waals surface area contributed by atoms with Crippen LogP contribution in [0.4, 0.5) is 0 Å². The van der Waals surface area contributed by atoms with E-state index in [2.05, 4.69) is 0 Å². The summed E-state index contributed by atoms with van der Waals surface area (Å²) in [5, 5.41) is 100. The van der Waals surface area contributed by atoms with Gasteiger partial charge in [0, 0.05) is 17.7 Å². The van der Waals surface area contributed by atoms with Crippen molar-refractivity contribution in [3.63, 3.8) is 0 Å². The zero-order chi connectivity index (χ0) is 32.7. The SMILES string of the molecule is COc1cc(-c2oc3cc(O)cc(O)c3c(=O)c2O[C@@H]2O[C@H](CO)[C@H](O)[C@H](O)[C@H]2O)ccc1O[C@@H]1O[C@H](CO)[C@@H](O)[C@H](O)[C@H]1O. The number of aliphatic hydroxyl groups excluding tert-OH is 8. The van der Waals surface area contributed by atoms with Crippen LogP contribution in [0, 0.1) is 0 Å². The van der Waals surface area contributed by atoms with Crippen molar-refractivity contribution < 1.29 is 79.2 Å². The Morgan fingerprint density at radius 1 is 0.733 bits per heavy atom. The maximum atomic E-state index is 13.7. The van der Waals surface area contributed by atoms with Gasteiger partial charge in [-0.1, -0.05) is 0 Å². The van der Waals surface area contributed by atoms with E-state index in [0.29, 0.717) is 0 Å². The number of phenols is 2. The summed E-state index contributed by atoms with van der Waals surface area (Å²) < 4.78 is 33.4. The Kier molecular flexibility index (Phi) is 9.38. The second kappa shape index (κ2) is 12.9. The van der Waals surface area contributed by atoms with Crippen LogP contribution in [0.15, 0.2) is 39.5 Å². The average Bonchev–Trinajstić information content (AvgIpc) is 3.02. The molecule has 0 bridgehead atoms. The number of aliphatic hydroxyl groups is 8. The number of benzene rings is 2. The molecule has 5 rings (SSSR count). The first kappa shape index (κ1) is 32.6. The molecule has 2 aliphatic rings. The number of aromatic hydroxyl groups is 2. The zero-order valence-electron chi connectivity index (χ0n) is 23.4. The van der Waals surface area contributed by atoms with Crippen LogP contribution in [0.2, 0.25) is 0 Å². The summed E-state index contributed by atoms with van der Waals surface area (Å²) in [7, 11) is 1.25. The Morgan fingerprint density at radius 2 is 1.31 bits per heavy atom. The third-order valence-electron chi connectivity index (χ3n) is 7.52. The maximum Gasteiger partial charge on any atom is 0.239 e. The highest BCUT2D eigenvalue weighted by Gasteiger charge is 2.46. The molecule has 17 nitrogen and oxygen atoms in total. The lowest BCUT2D eigenvalue weighted by atomic mass is 9.99. The Hall–Kier alpha value is -3.75. The molecule has 2 saturated heterocycles. The van der Waals surface area contributed by atoms with Crippen molar-refractivity contribution in [1.29, 1.82) is 0 Å². The maximum absolute atomic E-state index is 13.7. The first-order chi connectivity index (χ1) is 21.4. The normalized spacial score (nSPS) is 31.9. The van der Waals surface area contributed by atoms with Crippen LogP contribution in [-0.4, -0.2) is 133 Å². The van der Waals surface area contributed by atoms with Crippen LogP contribution in [0.25, 0.3) is 22.3 Å². The lowest BCUT2D eigenvalue weighted by molar-refractivity contribution is -0.277. The van der Waals surface area contributed by atoms with Crippen LogP contribution >= 0.6 is 0 Å². The summed E-state index contributed by atoms with van der Waals surface area (Å²) in [4.78, 5) is 13.7. The van der Waals surface area contributed by atoms with Gasteiger partial charge < -0.3 is 79.2 Å². The minimum atomic E-state index is -1.91. The van der Waals surface area contributed by atoms with Gasteiger partial charge in [0.15, 0.2) is 17.3 Å². The fourth-order valence-corrected chi connectivity index (χ4v) is 5.04. The molecule has 10 atom stereocenters. The second-order valence-electron chi connectivity index (χ2n) is 10.4. The number of ether oxygens (including phenoxy) is 5. The highest BCUT2D eigenvalue weighted by Crippen LogP contribution is 2.40. The van der Waals surface area contributed by atoms with Crippen molar-refractivity contribution in [2.24, 2.45) is 0 Å². The number of hydrogen-bond donors (Lipinski definition) is 10. The van der Waals surface area contributed by atoms with Gasteiger partial charge in [-0.3, -0.25) is 4.79 Å². The van der Waals surface area contributed by atoms with Gasteiger partial charge in [-0.2, -0.15) is 0 Å². The van der Waals surface area contributed by atoms with Gasteiger partial charge >= 0.3 is 0 Å². The van der Waals surface area contributed by atoms with E-state index in [9.17, 15) is 55.9 Å². The zero-order valence-corrected chi connectivity index (χ0v) is 23.4. The van der Waals surface area contributed by atoms with E-state index < -0.39 is 103 Å². The molecule has 1 aromatic heterocycles. The van der Waals surface area contributed by atoms with Gasteiger partial charge in [0.2, 0.25) is 23.8 Å². The van der Waals surface area contributed by atoms with Crippen molar-refractivity contribution in [2.45, 2.75) is 61.4 Å². The monoisotopic (exact) mass is 640 g/mol. The molecule has 3 aromatic rings. The Balaban J connectivity index is 1.58. The van der Waals surface area contributed by atoms with E-state index in [1.165, 1.54) is 25.3 Å². The van der Waals surface area contributed by atoms with Crippen molar-refractivity contribution in [1.82, 2.24) is 0 Å². The van der Waals surface area contributed by atoms with Crippen molar-refractivity contribution in [3.05, 3.63) is 40.6 Å². The van der Waals surface area contributed by atoms with E-state index in [0.717, 1.165) is 12.1 Å². The van der Waals surface area contributed by atoms with Crippen molar-refractivity contribution >= 4 is 11.0 Å². The second-order valence-corrected chi connectivity index (χ2v) is 10.4. The van der Waals surface area contributed by atoms with Crippen molar-refractivity contribution in [3.8, 4) is 40.1 Å². The van der Waals surface area contributed by atoms with Crippen LogP contribution in [0.5, 0.6) is 28.7 Å². The molecule has 10 N–H and O–H groups in total. The third kappa shape index (κ3) is 5.98. The van der Waals surface area contributed by atoms with Crippen LogP contribution in [0.3, 0.4) is 0 Å². The van der Waals surface area contributed by atoms with E-state index in [4.69, 9.17) is 28.1 Å². The molecule has 0 radical (unpaired) electrons. The summed E-state index contributed by atoms with van der Waals surface area (Å²) in [6.45, 7) is -1.47. The predicted molar refractivity (Wildman–Crippen MR) is 147 cm³/mol. The smallest absolute Gasteiger partial charge is 0.239 e. The molecule has 2 aromatic carbocycles. The number of phenolic OH excluding ortho intramolecular Hbond substituents is 2. The molecule has 2 fully saturated rings. The Bertz CT molecular complexity index is 1570. The molecule has 246 valence electrons. The molecule has 0 unspecified atom stereocenters. The van der Waals surface area contributed by atoms with Gasteiger partial charge in [-0.05, 0) is 18.2 Å². The van der Waals surface area contributed by atoms with E-state index in [-0.39, 0.29) is 28.4 Å². The number of hydrogen-bond acceptors (Lipinski definition) is 17. The molecule has 0 spiro atoms. The summed E-state index contributed by atoms with van der Waals surface area (Å²) in [5.41, 5.74) is -1.23. The minimum absolute atomic E-state index is 0.0504. The molecule has 2 aliphatic heterocycles. The Labute approximate surface area is 252 Å². The molecule has 0 saturated carbocycles. The molecular formula is C28H32O17. The molecule has 45 heavy (non-hydrogen) atoms. The van der Waals surface area contributed by atoms with E-state index in [1.54, 1.807) is 0 Å². The molecule has 0 amide bonds. The fraction of sp³-hybridized carbons (Fsp3) is 0.464. The van der Waals surface area contributed by atoms with Crippen LogP contribution in [0.1, 0.15) is 0 Å². The molecule has 0 aliphatic carbocycles. The summed E-state index contributed by atoms with van der Waals surface area (Å²) in [6, 6.07) is 5.83. The minimum Gasteiger partial charge on any atom is -0.508 e. The number of rotatable bonds is 8. The lowest BCUT2D eigenvalue weighted by Crippen LogP contribution is -2.60. The van der Waals surface area contributed by atoms with Gasteiger partial charge in [0.05, 0.1) is 20.3 Å². The topological polar surface area (TPSA) is 279 Å². The molecule has 3 heterocycles. The Morgan fingerprint density at radius 3 is 1.87 bits per heavy atom. The van der Waals surface area contributed by atoms with Gasteiger partial charge in [0.25, 0.3) is 0 Å². The molecule has 17 heteroatoms. The average molecular weight is 641 g/mol. The first-order valence-corrected chi connectivity index (χ1v) is 13.6. The number of fused-ring (bicyclic) bond motifs is 1. The highest BCUT2D eigenvalue weighted by molar-refractivity contribution is 5.88. The first-order valence-electron chi connectivity index (χ1n) is 13.6. The van der Waals surface area contributed by atoms with Gasteiger partial charge in [0.1, 0.15) is 71.3 Å². The predicted octanol–water partition coefficient (Wildman–Crippen LogP) is -2.76. The van der Waals surface area contributed by atoms with Crippen molar-refractivity contribution in [2.75, 3.05) is 20.3 Å². The van der Waals surface area contributed by atoms with Gasteiger partial charge in [-0.25, -0.2) is 0 Å². The largest absolute Gasteiger partial charge is 0.508 e. The van der Waals surface area contributed by atoms with Crippen LogP contribution < -0.4 is 19.6 Å². The quantitative estimate of drug-likeness (QED) is 0.119. The third-order valence-corrected chi connectivity index (χ3v) is 7.52. The fourth-order valence-electron chi connectivity index (χ4n) is 5.04. The lowest BCUT2D eigenvalue weighted by Gasteiger charge is -2.39. The highest BCUT2D eigenvalue weighted by atomic mass is 16.7.